The fraction of sp³-hybridized carbons (Fsp3) is 0.450. The van der Waals surface area contributed by atoms with E-state index in [1.165, 1.54) is 24.2 Å². The Morgan fingerprint density at radius 3 is 2.70 bits per heavy atom. The predicted octanol–water partition coefficient (Wildman–Crippen LogP) is 4.14. The minimum atomic E-state index is -0.425. The summed E-state index contributed by atoms with van der Waals surface area (Å²) in [5.41, 5.74) is 1.01. The van der Waals surface area contributed by atoms with Crippen molar-refractivity contribution in [1.82, 2.24) is 9.97 Å². The number of carbonyl (C=O) groups is 1. The van der Waals surface area contributed by atoms with Gasteiger partial charge in [0.25, 0.3) is 0 Å². The minimum absolute atomic E-state index is 0.163. The highest BCUT2D eigenvalue weighted by atomic mass is 32.2. The van der Waals surface area contributed by atoms with Gasteiger partial charge in [0.1, 0.15) is 23.0 Å². The fourth-order valence-corrected chi connectivity index (χ4v) is 4.14. The van der Waals surface area contributed by atoms with Crippen LogP contribution in [-0.4, -0.2) is 34.7 Å². The van der Waals surface area contributed by atoms with E-state index in [-0.39, 0.29) is 17.3 Å². The Hall–Kier alpha value is -2.15. The first-order chi connectivity index (χ1) is 12.9. The van der Waals surface area contributed by atoms with Crippen LogP contribution >= 0.6 is 11.8 Å². The van der Waals surface area contributed by atoms with Gasteiger partial charge in [-0.2, -0.15) is 0 Å². The van der Waals surface area contributed by atoms with Crippen molar-refractivity contribution >= 4 is 29.2 Å². The molecule has 2 heterocycles. The molecule has 0 radical (unpaired) electrons. The molecular weight excluding hydrogens is 363 g/mol. The van der Waals surface area contributed by atoms with E-state index in [4.69, 9.17) is 0 Å². The van der Waals surface area contributed by atoms with Crippen LogP contribution in [0.4, 0.5) is 15.9 Å². The summed E-state index contributed by atoms with van der Waals surface area (Å²) < 4.78 is 13.8. The molecule has 144 valence electrons. The number of aromatic nitrogens is 2. The largest absolute Gasteiger partial charge is 0.356 e. The molecule has 5 nitrogen and oxygen atoms in total. The highest BCUT2D eigenvalue weighted by molar-refractivity contribution is 7.99. The van der Waals surface area contributed by atoms with Gasteiger partial charge in [0.15, 0.2) is 0 Å². The third kappa shape index (κ3) is 5.42. The molecule has 1 aliphatic rings. The minimum Gasteiger partial charge on any atom is -0.356 e. The first kappa shape index (κ1) is 19.6. The lowest BCUT2D eigenvalue weighted by molar-refractivity contribution is -0.113. The first-order valence-electron chi connectivity index (χ1n) is 9.16. The lowest BCUT2D eigenvalue weighted by Gasteiger charge is -2.35. The first-order valence-corrected chi connectivity index (χ1v) is 10.1. The number of nitrogens with one attached hydrogen (secondary N) is 1. The molecule has 2 aromatic rings. The summed E-state index contributed by atoms with van der Waals surface area (Å²) in [6, 6.07) is 6.67. The summed E-state index contributed by atoms with van der Waals surface area (Å²) in [4.78, 5) is 23.1. The third-order valence-electron chi connectivity index (χ3n) is 4.57. The Morgan fingerprint density at radius 1 is 1.26 bits per heavy atom. The zero-order valence-electron chi connectivity index (χ0n) is 15.9. The lowest BCUT2D eigenvalue weighted by atomic mass is 9.92. The third-order valence-corrected chi connectivity index (χ3v) is 5.50. The maximum atomic E-state index is 13.8. The molecule has 0 bridgehead atoms. The van der Waals surface area contributed by atoms with E-state index >= 15 is 0 Å². The smallest absolute Gasteiger partial charge is 0.234 e. The SMILES string of the molecule is Cc1ccc(NC(=O)CSc2cc(N3C[C@H](C)C[C@@H](C)C3)ncn2)c(F)c1. The standard InChI is InChI=1S/C20H25FN4OS/c1-13-4-5-17(16(21)7-13)24-19(26)11-27-20-8-18(22-12-23-20)25-9-14(2)6-15(3)10-25/h4-5,7-8,12,14-15H,6,9-11H2,1-3H3,(H,24,26)/t14-,15-/m1/s1. The molecule has 1 aliphatic heterocycles. The highest BCUT2D eigenvalue weighted by Crippen LogP contribution is 2.27. The van der Waals surface area contributed by atoms with E-state index in [0.29, 0.717) is 11.8 Å². The van der Waals surface area contributed by atoms with Crippen molar-refractivity contribution in [2.45, 2.75) is 32.2 Å². The average Bonchev–Trinajstić information content (AvgIpc) is 2.62. The van der Waals surface area contributed by atoms with E-state index in [1.54, 1.807) is 25.4 Å². The number of nitrogens with zero attached hydrogens (tertiary/aromatic N) is 3. The second kappa shape index (κ2) is 8.69. The number of aryl methyl sites for hydroxylation is 1. The number of hydrogen-bond donors (Lipinski definition) is 1. The van der Waals surface area contributed by atoms with Gasteiger partial charge in [-0.05, 0) is 42.9 Å². The van der Waals surface area contributed by atoms with Crippen LogP contribution in [0.3, 0.4) is 0 Å². The van der Waals surface area contributed by atoms with E-state index in [1.807, 2.05) is 6.07 Å². The van der Waals surface area contributed by atoms with Gasteiger partial charge in [-0.1, -0.05) is 31.7 Å². The molecular formula is C20H25FN4OS. The van der Waals surface area contributed by atoms with Gasteiger partial charge in [0.05, 0.1) is 11.4 Å². The number of carbonyl (C=O) groups excluding carboxylic acids is 1. The second-order valence-corrected chi connectivity index (χ2v) is 8.38. The van der Waals surface area contributed by atoms with Gasteiger partial charge in [0, 0.05) is 19.2 Å². The fourth-order valence-electron chi connectivity index (χ4n) is 3.48. The molecule has 27 heavy (non-hydrogen) atoms. The Balaban J connectivity index is 1.58. The number of hydrogen-bond acceptors (Lipinski definition) is 5. The quantitative estimate of drug-likeness (QED) is 0.616. The Morgan fingerprint density at radius 2 is 2.00 bits per heavy atom. The van der Waals surface area contributed by atoms with Gasteiger partial charge in [0.2, 0.25) is 5.91 Å². The van der Waals surface area contributed by atoms with Gasteiger partial charge in [-0.25, -0.2) is 14.4 Å². The summed E-state index contributed by atoms with van der Waals surface area (Å²) in [5.74, 6) is 1.64. The number of thioether (sulfide) groups is 1. The molecule has 0 unspecified atom stereocenters. The maximum Gasteiger partial charge on any atom is 0.234 e. The molecule has 1 N–H and O–H groups in total. The molecule has 1 aromatic carbocycles. The van der Waals surface area contributed by atoms with Crippen LogP contribution in [0.2, 0.25) is 0 Å². The Labute approximate surface area is 163 Å². The van der Waals surface area contributed by atoms with Crippen LogP contribution in [0, 0.1) is 24.6 Å². The molecule has 1 aromatic heterocycles. The number of halogens is 1. The van der Waals surface area contributed by atoms with Gasteiger partial charge in [-0.3, -0.25) is 4.79 Å². The molecule has 3 rings (SSSR count). The van der Waals surface area contributed by atoms with Crippen LogP contribution in [0.25, 0.3) is 0 Å². The normalized spacial score (nSPS) is 19.8. The summed E-state index contributed by atoms with van der Waals surface area (Å²) in [6.45, 7) is 8.29. The van der Waals surface area contributed by atoms with Gasteiger partial charge in [-0.15, -0.1) is 0 Å². The average molecular weight is 389 g/mol. The van der Waals surface area contributed by atoms with Gasteiger partial charge < -0.3 is 10.2 Å². The number of piperidine rings is 1. The van der Waals surface area contributed by atoms with Crippen molar-refractivity contribution in [3.63, 3.8) is 0 Å². The Kier molecular flexibility index (Phi) is 6.31. The predicted molar refractivity (Wildman–Crippen MR) is 108 cm³/mol. The van der Waals surface area contributed by atoms with Crippen molar-refractivity contribution in [1.29, 1.82) is 0 Å². The Bertz CT molecular complexity index is 806. The van der Waals surface area contributed by atoms with Crippen LogP contribution < -0.4 is 10.2 Å². The summed E-state index contributed by atoms with van der Waals surface area (Å²) >= 11 is 1.32. The van der Waals surface area contributed by atoms with E-state index in [9.17, 15) is 9.18 Å². The van der Waals surface area contributed by atoms with Crippen molar-refractivity contribution in [2.75, 3.05) is 29.1 Å². The second-order valence-electron chi connectivity index (χ2n) is 7.39. The summed E-state index contributed by atoms with van der Waals surface area (Å²) in [5, 5.41) is 3.35. The molecule has 0 saturated carbocycles. The van der Waals surface area contributed by atoms with Crippen LogP contribution in [0.15, 0.2) is 35.6 Å². The number of rotatable bonds is 5. The van der Waals surface area contributed by atoms with Gasteiger partial charge >= 0.3 is 0 Å². The van der Waals surface area contributed by atoms with E-state index < -0.39 is 5.82 Å². The lowest BCUT2D eigenvalue weighted by Crippen LogP contribution is -2.39. The monoisotopic (exact) mass is 388 g/mol. The molecule has 1 amide bonds. The molecule has 0 spiro atoms. The zero-order chi connectivity index (χ0) is 19.4. The molecule has 7 heteroatoms. The molecule has 0 aliphatic carbocycles. The zero-order valence-corrected chi connectivity index (χ0v) is 16.7. The van der Waals surface area contributed by atoms with E-state index in [2.05, 4.69) is 34.0 Å². The summed E-state index contributed by atoms with van der Waals surface area (Å²) in [7, 11) is 0. The van der Waals surface area contributed by atoms with Crippen molar-refractivity contribution in [3.05, 3.63) is 42.0 Å². The van der Waals surface area contributed by atoms with Crippen LogP contribution in [0.1, 0.15) is 25.8 Å². The summed E-state index contributed by atoms with van der Waals surface area (Å²) in [6.07, 6.45) is 2.78. The maximum absolute atomic E-state index is 13.8. The topological polar surface area (TPSA) is 58.1 Å². The number of anilines is 2. The number of benzene rings is 1. The number of amides is 1. The molecule has 1 fully saturated rings. The van der Waals surface area contributed by atoms with Crippen molar-refractivity contribution < 1.29 is 9.18 Å². The van der Waals surface area contributed by atoms with E-state index in [0.717, 1.165) is 29.5 Å². The van der Waals surface area contributed by atoms with Crippen LogP contribution in [0.5, 0.6) is 0 Å². The van der Waals surface area contributed by atoms with Crippen molar-refractivity contribution in [3.8, 4) is 0 Å². The van der Waals surface area contributed by atoms with Crippen molar-refractivity contribution in [2.24, 2.45) is 11.8 Å². The molecule has 1 saturated heterocycles. The highest BCUT2D eigenvalue weighted by Gasteiger charge is 2.23. The molecule has 2 atom stereocenters. The van der Waals surface area contributed by atoms with Crippen LogP contribution in [-0.2, 0) is 4.79 Å².